The number of carbonyl (C=O) groups is 2. The number of aromatic carboxylic acids is 1. The van der Waals surface area contributed by atoms with E-state index in [4.69, 9.17) is 9.97 Å². The molecule has 0 atom stereocenters. The van der Waals surface area contributed by atoms with Gasteiger partial charge in [0.15, 0.2) is 0 Å². The van der Waals surface area contributed by atoms with E-state index in [2.05, 4.69) is 15.2 Å². The second-order valence-electron chi connectivity index (χ2n) is 9.12. The summed E-state index contributed by atoms with van der Waals surface area (Å²) in [6.45, 7) is 4.19. The predicted octanol–water partition coefficient (Wildman–Crippen LogP) is 4.50. The second-order valence-corrected chi connectivity index (χ2v) is 9.12. The molecule has 2 aromatic heterocycles. The Hall–Kier alpha value is -3.78. The molecule has 35 heavy (non-hydrogen) atoms. The minimum Gasteiger partial charge on any atom is -0.478 e. The lowest BCUT2D eigenvalue weighted by Crippen LogP contribution is -2.31. The first-order valence-corrected chi connectivity index (χ1v) is 12.2. The van der Waals surface area contributed by atoms with Gasteiger partial charge in [-0.2, -0.15) is 0 Å². The third-order valence-electron chi connectivity index (χ3n) is 6.59. The van der Waals surface area contributed by atoms with Crippen LogP contribution in [0.4, 0.5) is 5.82 Å². The molecule has 3 N–H and O–H groups in total. The van der Waals surface area contributed by atoms with E-state index in [-0.39, 0.29) is 5.56 Å². The van der Waals surface area contributed by atoms with E-state index in [1.54, 1.807) is 18.2 Å². The minimum absolute atomic E-state index is 0.221. The van der Waals surface area contributed by atoms with Crippen molar-refractivity contribution >= 4 is 40.0 Å². The lowest BCUT2D eigenvalue weighted by Gasteiger charge is -2.26. The van der Waals surface area contributed by atoms with Crippen molar-refractivity contribution in [1.29, 1.82) is 0 Å². The van der Waals surface area contributed by atoms with E-state index in [1.165, 1.54) is 32.4 Å². The summed E-state index contributed by atoms with van der Waals surface area (Å²) in [5, 5.41) is 14.7. The maximum absolute atomic E-state index is 11.5. The van der Waals surface area contributed by atoms with Crippen molar-refractivity contribution in [3.05, 3.63) is 65.0 Å². The van der Waals surface area contributed by atoms with Crippen LogP contribution in [-0.4, -0.2) is 63.4 Å². The average molecular weight is 472 g/mol. The SMILES string of the molecule is O=Cc1cccc(Cc2nc(NCCCN3CCCCC3)c3c(n2)[nH]c2cc(C(=O)O)ccc23)c1. The molecule has 0 spiro atoms. The van der Waals surface area contributed by atoms with E-state index >= 15 is 0 Å². The van der Waals surface area contributed by atoms with Crippen LogP contribution in [-0.2, 0) is 6.42 Å². The topological polar surface area (TPSA) is 111 Å². The van der Waals surface area contributed by atoms with Crippen LogP contribution in [0.15, 0.2) is 42.5 Å². The molecule has 1 fully saturated rings. The highest BCUT2D eigenvalue weighted by atomic mass is 16.4. The molecule has 4 aromatic rings. The maximum atomic E-state index is 11.5. The van der Waals surface area contributed by atoms with E-state index in [0.29, 0.717) is 29.0 Å². The highest BCUT2D eigenvalue weighted by Gasteiger charge is 2.16. The summed E-state index contributed by atoms with van der Waals surface area (Å²) >= 11 is 0. The molecule has 0 unspecified atom stereocenters. The number of carbonyl (C=O) groups excluding carboxylic acids is 1. The monoisotopic (exact) mass is 471 g/mol. The zero-order chi connectivity index (χ0) is 24.2. The zero-order valence-corrected chi connectivity index (χ0v) is 19.6. The van der Waals surface area contributed by atoms with Gasteiger partial charge in [-0.3, -0.25) is 4.79 Å². The van der Waals surface area contributed by atoms with Gasteiger partial charge in [0, 0.05) is 29.4 Å². The number of likely N-dealkylation sites (tertiary alicyclic amines) is 1. The Morgan fingerprint density at radius 3 is 2.77 bits per heavy atom. The van der Waals surface area contributed by atoms with E-state index in [0.717, 1.165) is 48.0 Å². The molecular weight excluding hydrogens is 442 g/mol. The van der Waals surface area contributed by atoms with E-state index in [1.807, 2.05) is 24.3 Å². The Morgan fingerprint density at radius 1 is 1.11 bits per heavy atom. The van der Waals surface area contributed by atoms with Crippen LogP contribution < -0.4 is 5.32 Å². The molecule has 0 bridgehead atoms. The van der Waals surface area contributed by atoms with Crippen molar-refractivity contribution in [3.63, 3.8) is 0 Å². The number of aromatic nitrogens is 3. The van der Waals surface area contributed by atoms with Crippen molar-refractivity contribution in [2.24, 2.45) is 0 Å². The number of carboxylic acid groups (broad SMARTS) is 1. The van der Waals surface area contributed by atoms with E-state index in [9.17, 15) is 14.7 Å². The number of carboxylic acids is 1. The number of nitrogens with zero attached hydrogens (tertiary/aromatic N) is 3. The summed E-state index contributed by atoms with van der Waals surface area (Å²) < 4.78 is 0. The number of benzene rings is 2. The predicted molar refractivity (Wildman–Crippen MR) is 136 cm³/mol. The zero-order valence-electron chi connectivity index (χ0n) is 19.6. The Morgan fingerprint density at radius 2 is 1.97 bits per heavy atom. The van der Waals surface area contributed by atoms with Gasteiger partial charge in [0.1, 0.15) is 23.6 Å². The number of H-pyrrole nitrogens is 1. The van der Waals surface area contributed by atoms with Crippen LogP contribution >= 0.6 is 0 Å². The fraction of sp³-hybridized carbons (Fsp3) is 0.333. The van der Waals surface area contributed by atoms with Crippen LogP contribution in [0.3, 0.4) is 0 Å². The smallest absolute Gasteiger partial charge is 0.335 e. The molecule has 180 valence electrons. The number of anilines is 1. The third kappa shape index (κ3) is 5.17. The van der Waals surface area contributed by atoms with Crippen molar-refractivity contribution in [2.75, 3.05) is 31.5 Å². The molecule has 8 nitrogen and oxygen atoms in total. The van der Waals surface area contributed by atoms with Gasteiger partial charge in [0.25, 0.3) is 0 Å². The quantitative estimate of drug-likeness (QED) is 0.243. The summed E-state index contributed by atoms with van der Waals surface area (Å²) in [7, 11) is 0. The molecule has 3 heterocycles. The summed E-state index contributed by atoms with van der Waals surface area (Å²) in [6.07, 6.45) is 6.21. The molecule has 8 heteroatoms. The molecule has 1 saturated heterocycles. The Balaban J connectivity index is 1.46. The lowest BCUT2D eigenvalue weighted by atomic mass is 10.1. The maximum Gasteiger partial charge on any atom is 0.335 e. The Labute approximate surface area is 203 Å². The number of piperidine rings is 1. The molecular formula is C27H29N5O3. The number of hydrogen-bond acceptors (Lipinski definition) is 6. The molecule has 1 aliphatic heterocycles. The molecule has 0 radical (unpaired) electrons. The van der Waals surface area contributed by atoms with Gasteiger partial charge < -0.3 is 20.3 Å². The van der Waals surface area contributed by atoms with Crippen molar-refractivity contribution < 1.29 is 14.7 Å². The molecule has 0 amide bonds. The first-order chi connectivity index (χ1) is 17.1. The van der Waals surface area contributed by atoms with Crippen LogP contribution in [0.2, 0.25) is 0 Å². The number of aromatic amines is 1. The van der Waals surface area contributed by atoms with E-state index < -0.39 is 5.97 Å². The fourth-order valence-electron chi connectivity index (χ4n) is 4.84. The summed E-state index contributed by atoms with van der Waals surface area (Å²) in [5.74, 6) is 0.400. The number of aldehydes is 1. The van der Waals surface area contributed by atoms with Gasteiger partial charge in [-0.25, -0.2) is 14.8 Å². The normalized spacial score (nSPS) is 14.4. The third-order valence-corrected chi connectivity index (χ3v) is 6.59. The van der Waals surface area contributed by atoms with Gasteiger partial charge in [0.2, 0.25) is 0 Å². The molecule has 2 aromatic carbocycles. The second kappa shape index (κ2) is 10.2. The van der Waals surface area contributed by atoms with Gasteiger partial charge in [0.05, 0.1) is 10.9 Å². The van der Waals surface area contributed by atoms with Gasteiger partial charge in [-0.05, 0) is 62.7 Å². The molecule has 1 aliphatic rings. The van der Waals surface area contributed by atoms with Crippen molar-refractivity contribution in [3.8, 4) is 0 Å². The highest BCUT2D eigenvalue weighted by molar-refractivity contribution is 6.12. The number of hydrogen-bond donors (Lipinski definition) is 3. The average Bonchev–Trinajstić information content (AvgIpc) is 3.25. The molecule has 0 saturated carbocycles. The lowest BCUT2D eigenvalue weighted by molar-refractivity contribution is 0.0697. The summed E-state index contributed by atoms with van der Waals surface area (Å²) in [6, 6.07) is 12.5. The standard InChI is InChI=1S/C27H29N5O3/c33-17-19-7-4-6-18(14-19)15-23-30-25(28-10-5-13-32-11-2-1-3-12-32)24-21-9-8-20(27(34)35)16-22(21)29-26(24)31-23/h4,6-9,14,16-17H,1-3,5,10-13,15H2,(H,34,35)(H2,28,29,30,31). The van der Waals surface area contributed by atoms with Gasteiger partial charge in [-0.15, -0.1) is 0 Å². The highest BCUT2D eigenvalue weighted by Crippen LogP contribution is 2.31. The van der Waals surface area contributed by atoms with Gasteiger partial charge in [-0.1, -0.05) is 30.7 Å². The van der Waals surface area contributed by atoms with Crippen molar-refractivity contribution in [1.82, 2.24) is 19.9 Å². The van der Waals surface area contributed by atoms with Gasteiger partial charge >= 0.3 is 5.97 Å². The summed E-state index contributed by atoms with van der Waals surface area (Å²) in [4.78, 5) is 38.1. The van der Waals surface area contributed by atoms with Crippen LogP contribution in [0.1, 0.15) is 57.8 Å². The largest absolute Gasteiger partial charge is 0.478 e. The minimum atomic E-state index is -0.969. The number of rotatable bonds is 9. The Bertz CT molecular complexity index is 1370. The van der Waals surface area contributed by atoms with Crippen LogP contribution in [0.5, 0.6) is 0 Å². The summed E-state index contributed by atoms with van der Waals surface area (Å²) in [5.41, 5.74) is 3.17. The fourth-order valence-corrected chi connectivity index (χ4v) is 4.84. The first kappa shape index (κ1) is 23.0. The molecule has 0 aliphatic carbocycles. The number of nitrogens with one attached hydrogen (secondary N) is 2. The first-order valence-electron chi connectivity index (χ1n) is 12.2. The van der Waals surface area contributed by atoms with Crippen molar-refractivity contribution in [2.45, 2.75) is 32.1 Å². The molecule has 5 rings (SSSR count). The Kier molecular flexibility index (Phi) is 6.72. The van der Waals surface area contributed by atoms with Crippen LogP contribution in [0.25, 0.3) is 21.9 Å². The number of fused-ring (bicyclic) bond motifs is 3. The van der Waals surface area contributed by atoms with Crippen LogP contribution in [0, 0.1) is 0 Å².